The van der Waals surface area contributed by atoms with Gasteiger partial charge in [-0.2, -0.15) is 0 Å². The van der Waals surface area contributed by atoms with Gasteiger partial charge in [0.15, 0.2) is 0 Å². The molecule has 3 aromatic heterocycles. The molecule has 0 fully saturated rings. The standard InChI is InChI=1S/C52H33N3/c1-3-9-31(10-4-2)43-35-11-5-6-12-36(35)44(32-19-25-53-26-20-32)50-40-17-18-42-48-41(16-15-39(47(40)48)49(43)50)51-45(33-21-27-54-28-22-33)37-13-7-8-14-38(37)46(52(42)51)34-23-29-55-30-24-34/h3-30H,1H2,2H3/b10-4-,31-9+. The molecule has 0 bridgehead atoms. The van der Waals surface area contributed by atoms with Gasteiger partial charge in [0, 0.05) is 37.2 Å². The Morgan fingerprint density at radius 1 is 0.436 bits per heavy atom. The van der Waals surface area contributed by atoms with E-state index in [9.17, 15) is 0 Å². The molecular formula is C52H33N3. The maximum absolute atomic E-state index is 4.42. The Morgan fingerprint density at radius 2 is 0.800 bits per heavy atom. The quantitative estimate of drug-likeness (QED) is 0.162. The third-order valence-electron chi connectivity index (χ3n) is 11.5. The lowest BCUT2D eigenvalue weighted by Crippen LogP contribution is -1.96. The van der Waals surface area contributed by atoms with Crippen molar-refractivity contribution >= 4 is 37.9 Å². The molecule has 3 nitrogen and oxygen atoms in total. The molecular weight excluding hydrogens is 667 g/mol. The number of hydrogen-bond acceptors (Lipinski definition) is 3. The lowest BCUT2D eigenvalue weighted by atomic mass is 9.81. The van der Waals surface area contributed by atoms with E-state index in [-0.39, 0.29) is 0 Å². The van der Waals surface area contributed by atoms with E-state index in [0.29, 0.717) is 0 Å². The predicted molar refractivity (Wildman–Crippen MR) is 231 cm³/mol. The van der Waals surface area contributed by atoms with Crippen molar-refractivity contribution in [3.8, 4) is 77.9 Å². The van der Waals surface area contributed by atoms with E-state index in [2.05, 4.69) is 156 Å². The number of fused-ring (bicyclic) bond motifs is 8. The first kappa shape index (κ1) is 31.3. The van der Waals surface area contributed by atoms with Crippen LogP contribution >= 0.6 is 0 Å². The van der Waals surface area contributed by atoms with Gasteiger partial charge in [0.1, 0.15) is 0 Å². The first-order chi connectivity index (χ1) is 27.3. The number of pyridine rings is 3. The zero-order valence-electron chi connectivity index (χ0n) is 30.2. The predicted octanol–water partition coefficient (Wildman–Crippen LogP) is 13.8. The molecule has 11 rings (SSSR count). The van der Waals surface area contributed by atoms with Gasteiger partial charge in [-0.3, -0.25) is 15.0 Å². The van der Waals surface area contributed by atoms with E-state index in [1.54, 1.807) is 0 Å². The Morgan fingerprint density at radius 3 is 1.20 bits per heavy atom. The van der Waals surface area contributed by atoms with Crippen LogP contribution in [0, 0.1) is 0 Å². The highest BCUT2D eigenvalue weighted by atomic mass is 14.6. The van der Waals surface area contributed by atoms with Crippen molar-refractivity contribution in [3.63, 3.8) is 0 Å². The van der Waals surface area contributed by atoms with Crippen LogP contribution in [0.2, 0.25) is 0 Å². The molecule has 0 saturated carbocycles. The zero-order valence-corrected chi connectivity index (χ0v) is 30.2. The van der Waals surface area contributed by atoms with Crippen molar-refractivity contribution in [2.75, 3.05) is 0 Å². The summed E-state index contributed by atoms with van der Waals surface area (Å²) in [6.07, 6.45) is 19.8. The lowest BCUT2D eigenvalue weighted by Gasteiger charge is -2.21. The summed E-state index contributed by atoms with van der Waals surface area (Å²) in [4.78, 5) is 13.3. The van der Waals surface area contributed by atoms with Gasteiger partial charge in [-0.05, 0) is 165 Å². The Balaban J connectivity index is 1.34. The van der Waals surface area contributed by atoms with Crippen molar-refractivity contribution in [1.82, 2.24) is 15.0 Å². The molecule has 0 spiro atoms. The van der Waals surface area contributed by atoms with E-state index in [1.165, 1.54) is 99.1 Å². The van der Waals surface area contributed by atoms with Crippen LogP contribution in [0.25, 0.3) is 116 Å². The van der Waals surface area contributed by atoms with E-state index in [4.69, 9.17) is 0 Å². The molecule has 0 N–H and O–H groups in total. The molecule has 3 heterocycles. The maximum Gasteiger partial charge on any atom is 0.0273 e. The number of benzene rings is 6. The molecule has 0 radical (unpaired) electrons. The molecule has 55 heavy (non-hydrogen) atoms. The van der Waals surface area contributed by atoms with Crippen molar-refractivity contribution in [2.45, 2.75) is 6.92 Å². The van der Waals surface area contributed by atoms with E-state index >= 15 is 0 Å². The molecule has 9 aromatic rings. The van der Waals surface area contributed by atoms with Gasteiger partial charge < -0.3 is 0 Å². The van der Waals surface area contributed by atoms with E-state index < -0.39 is 0 Å². The SMILES string of the molecule is C=C/C=C(\C=C/C)c1c2c(c(-c3ccncc3)c3ccccc13)-c1ccc3c4c(ccc-2c14)-c1c-3c(-c2ccncc2)c2ccccc2c1-c1ccncc1. The van der Waals surface area contributed by atoms with Crippen molar-refractivity contribution in [1.29, 1.82) is 0 Å². The molecule has 2 aliphatic rings. The Labute approximate surface area is 319 Å². The Kier molecular flexibility index (Phi) is 6.92. The van der Waals surface area contributed by atoms with Crippen LogP contribution in [0.4, 0.5) is 0 Å². The highest BCUT2D eigenvalue weighted by Gasteiger charge is 2.37. The summed E-state index contributed by atoms with van der Waals surface area (Å²) >= 11 is 0. The molecule has 0 unspecified atom stereocenters. The average Bonchev–Trinajstić information content (AvgIpc) is 3.75. The van der Waals surface area contributed by atoms with Gasteiger partial charge in [-0.15, -0.1) is 0 Å². The van der Waals surface area contributed by atoms with E-state index in [0.717, 1.165) is 22.3 Å². The molecule has 0 saturated heterocycles. The molecule has 2 aliphatic carbocycles. The topological polar surface area (TPSA) is 38.7 Å². The van der Waals surface area contributed by atoms with Crippen LogP contribution in [0.5, 0.6) is 0 Å². The largest absolute Gasteiger partial charge is 0.265 e. The highest BCUT2D eigenvalue weighted by molar-refractivity contribution is 6.34. The molecule has 0 atom stereocenters. The van der Waals surface area contributed by atoms with E-state index in [1.807, 2.05) is 43.3 Å². The highest BCUT2D eigenvalue weighted by Crippen LogP contribution is 2.63. The van der Waals surface area contributed by atoms with Crippen LogP contribution in [0.3, 0.4) is 0 Å². The summed E-state index contributed by atoms with van der Waals surface area (Å²) < 4.78 is 0. The van der Waals surface area contributed by atoms with Crippen molar-refractivity contribution in [3.05, 3.63) is 183 Å². The first-order valence-electron chi connectivity index (χ1n) is 18.7. The van der Waals surface area contributed by atoms with Gasteiger partial charge >= 0.3 is 0 Å². The van der Waals surface area contributed by atoms with Gasteiger partial charge in [0.2, 0.25) is 0 Å². The Bertz CT molecular complexity index is 3050. The molecule has 3 heteroatoms. The van der Waals surface area contributed by atoms with Gasteiger partial charge in [-0.25, -0.2) is 0 Å². The summed E-state index contributed by atoms with van der Waals surface area (Å²) in [5.74, 6) is 0. The number of aromatic nitrogens is 3. The fourth-order valence-electron chi connectivity index (χ4n) is 9.57. The second-order valence-corrected chi connectivity index (χ2v) is 14.2. The van der Waals surface area contributed by atoms with Crippen LogP contribution in [-0.4, -0.2) is 15.0 Å². The Hall–Kier alpha value is -7.23. The number of nitrogens with zero attached hydrogens (tertiary/aromatic N) is 3. The minimum Gasteiger partial charge on any atom is -0.265 e. The van der Waals surface area contributed by atoms with Crippen LogP contribution in [0.1, 0.15) is 12.5 Å². The van der Waals surface area contributed by atoms with Crippen LogP contribution in [-0.2, 0) is 0 Å². The monoisotopic (exact) mass is 699 g/mol. The lowest BCUT2D eigenvalue weighted by molar-refractivity contribution is 1.33. The molecule has 256 valence electrons. The minimum atomic E-state index is 1.14. The average molecular weight is 700 g/mol. The fraction of sp³-hybridized carbons (Fsp3) is 0.0192. The second-order valence-electron chi connectivity index (χ2n) is 14.2. The first-order valence-corrected chi connectivity index (χ1v) is 18.7. The van der Waals surface area contributed by atoms with Gasteiger partial charge in [0.25, 0.3) is 0 Å². The van der Waals surface area contributed by atoms with Crippen molar-refractivity contribution < 1.29 is 0 Å². The summed E-state index contributed by atoms with van der Waals surface area (Å²) in [5, 5.41) is 7.49. The summed E-state index contributed by atoms with van der Waals surface area (Å²) in [5.41, 5.74) is 19.7. The smallest absolute Gasteiger partial charge is 0.0273 e. The number of hydrogen-bond donors (Lipinski definition) is 0. The molecule has 6 aromatic carbocycles. The minimum absolute atomic E-state index is 1.14. The molecule has 0 amide bonds. The third kappa shape index (κ3) is 4.35. The van der Waals surface area contributed by atoms with Crippen LogP contribution in [0.15, 0.2) is 177 Å². The third-order valence-corrected chi connectivity index (χ3v) is 11.5. The second kappa shape index (κ2) is 12.2. The van der Waals surface area contributed by atoms with Gasteiger partial charge in [-0.1, -0.05) is 104 Å². The number of allylic oxidation sites excluding steroid dienone is 5. The van der Waals surface area contributed by atoms with Gasteiger partial charge in [0.05, 0.1) is 0 Å². The summed E-state index contributed by atoms with van der Waals surface area (Å²) in [7, 11) is 0. The fourth-order valence-corrected chi connectivity index (χ4v) is 9.57. The normalized spacial score (nSPS) is 12.6. The molecule has 0 aliphatic heterocycles. The van der Waals surface area contributed by atoms with Crippen molar-refractivity contribution in [2.24, 2.45) is 0 Å². The maximum atomic E-state index is 4.42. The number of rotatable bonds is 6. The van der Waals surface area contributed by atoms with Crippen LogP contribution < -0.4 is 0 Å². The zero-order chi connectivity index (χ0) is 36.6. The summed E-state index contributed by atoms with van der Waals surface area (Å²) in [6, 6.07) is 40.2. The summed E-state index contributed by atoms with van der Waals surface area (Å²) in [6.45, 7) is 6.23.